The van der Waals surface area contributed by atoms with E-state index in [9.17, 15) is 0 Å². The lowest BCUT2D eigenvalue weighted by atomic mass is 10.1. The number of rotatable bonds is 3. The zero-order valence-corrected chi connectivity index (χ0v) is 10.7. The molecule has 0 saturated carbocycles. The summed E-state index contributed by atoms with van der Waals surface area (Å²) in [6.45, 7) is 5.74. The van der Waals surface area contributed by atoms with Gasteiger partial charge in [0.15, 0.2) is 0 Å². The average Bonchev–Trinajstić information content (AvgIpc) is 2.30. The Morgan fingerprint density at radius 1 is 1.47 bits per heavy atom. The van der Waals surface area contributed by atoms with Crippen LogP contribution in [-0.2, 0) is 4.74 Å². The number of halogens is 1. The second-order valence-electron chi connectivity index (χ2n) is 4.27. The maximum atomic E-state index is 5.74. The molecule has 0 radical (unpaired) electrons. The van der Waals surface area contributed by atoms with Crippen molar-refractivity contribution in [2.45, 2.75) is 32.1 Å². The number of morpholine rings is 1. The van der Waals surface area contributed by atoms with Gasteiger partial charge in [-0.15, -0.1) is 0 Å². The number of nitrogens with zero attached hydrogens (tertiary/aromatic N) is 2. The van der Waals surface area contributed by atoms with E-state index in [0.29, 0.717) is 11.0 Å². The molecule has 0 unspecified atom stereocenters. The number of nitrogens with one attached hydrogen (secondary N) is 2. The third-order valence-electron chi connectivity index (χ3n) is 2.78. The monoisotopic (exact) mass is 256 g/mol. The maximum absolute atomic E-state index is 5.74. The van der Waals surface area contributed by atoms with E-state index in [1.54, 1.807) is 12.4 Å². The number of hydrogen-bond donors (Lipinski definition) is 2. The van der Waals surface area contributed by atoms with Gasteiger partial charge in [0.2, 0.25) is 5.95 Å². The molecule has 5 nitrogen and oxygen atoms in total. The van der Waals surface area contributed by atoms with Gasteiger partial charge in [0.1, 0.15) is 0 Å². The van der Waals surface area contributed by atoms with Crippen molar-refractivity contribution in [3.8, 4) is 0 Å². The van der Waals surface area contributed by atoms with Crippen molar-refractivity contribution in [3.05, 3.63) is 17.4 Å². The molecule has 0 aliphatic carbocycles. The second-order valence-corrected chi connectivity index (χ2v) is 4.71. The Labute approximate surface area is 106 Å². The van der Waals surface area contributed by atoms with Crippen molar-refractivity contribution in [2.75, 3.05) is 18.4 Å². The Balaban J connectivity index is 1.83. The third-order valence-corrected chi connectivity index (χ3v) is 2.98. The molecule has 94 valence electrons. The molecule has 2 rings (SSSR count). The second kappa shape index (κ2) is 5.62. The lowest BCUT2D eigenvalue weighted by molar-refractivity contribution is -0.0407. The minimum atomic E-state index is 0.179. The fraction of sp³-hybridized carbons (Fsp3) is 0.636. The standard InChI is InChI=1S/C11H17ClN4O/c1-7-3-13-10(8(2)17-7)6-16-11-14-4-9(12)5-15-11/h4-5,7-8,10,13H,3,6H2,1-2H3,(H,14,15,16)/t7-,8+,10-/m1/s1. The van der Waals surface area contributed by atoms with Crippen LogP contribution in [0.15, 0.2) is 12.4 Å². The highest BCUT2D eigenvalue weighted by atomic mass is 35.5. The van der Waals surface area contributed by atoms with Crippen LogP contribution in [0, 0.1) is 0 Å². The van der Waals surface area contributed by atoms with Gasteiger partial charge in [0.05, 0.1) is 35.7 Å². The van der Waals surface area contributed by atoms with E-state index in [1.807, 2.05) is 0 Å². The van der Waals surface area contributed by atoms with Crippen LogP contribution in [0.4, 0.5) is 5.95 Å². The van der Waals surface area contributed by atoms with Gasteiger partial charge in [-0.05, 0) is 13.8 Å². The van der Waals surface area contributed by atoms with E-state index in [1.165, 1.54) is 0 Å². The average molecular weight is 257 g/mol. The summed E-state index contributed by atoms with van der Waals surface area (Å²) in [6, 6.07) is 0.269. The quantitative estimate of drug-likeness (QED) is 0.854. The summed E-state index contributed by atoms with van der Waals surface area (Å²) >= 11 is 5.71. The smallest absolute Gasteiger partial charge is 0.222 e. The summed E-state index contributed by atoms with van der Waals surface area (Å²) in [5.41, 5.74) is 0. The van der Waals surface area contributed by atoms with Gasteiger partial charge in [0, 0.05) is 13.1 Å². The molecule has 1 saturated heterocycles. The topological polar surface area (TPSA) is 59.1 Å². The molecule has 2 N–H and O–H groups in total. The molecule has 0 aromatic carbocycles. The molecule has 2 heterocycles. The van der Waals surface area contributed by atoms with Crippen molar-refractivity contribution < 1.29 is 4.74 Å². The highest BCUT2D eigenvalue weighted by Crippen LogP contribution is 2.10. The first-order valence-corrected chi connectivity index (χ1v) is 6.13. The first-order valence-electron chi connectivity index (χ1n) is 5.75. The third kappa shape index (κ3) is 3.52. The Morgan fingerprint density at radius 2 is 2.18 bits per heavy atom. The summed E-state index contributed by atoms with van der Waals surface area (Å²) in [7, 11) is 0. The molecule has 3 atom stereocenters. The Morgan fingerprint density at radius 3 is 2.82 bits per heavy atom. The lowest BCUT2D eigenvalue weighted by Gasteiger charge is -2.34. The first kappa shape index (κ1) is 12.5. The van der Waals surface area contributed by atoms with Gasteiger partial charge in [-0.1, -0.05) is 11.6 Å². The SMILES string of the molecule is C[C@@H]1CN[C@H](CNc2ncc(Cl)cn2)[C@H](C)O1. The number of hydrogen-bond acceptors (Lipinski definition) is 5. The van der Waals surface area contributed by atoms with E-state index < -0.39 is 0 Å². The van der Waals surface area contributed by atoms with Crippen LogP contribution in [0.2, 0.25) is 5.02 Å². The van der Waals surface area contributed by atoms with Gasteiger partial charge < -0.3 is 15.4 Å². The van der Waals surface area contributed by atoms with Crippen molar-refractivity contribution >= 4 is 17.5 Å². The highest BCUT2D eigenvalue weighted by Gasteiger charge is 2.25. The van der Waals surface area contributed by atoms with E-state index in [0.717, 1.165) is 13.1 Å². The largest absolute Gasteiger partial charge is 0.373 e. The number of aromatic nitrogens is 2. The van der Waals surface area contributed by atoms with Gasteiger partial charge in [0.25, 0.3) is 0 Å². The lowest BCUT2D eigenvalue weighted by Crippen LogP contribution is -2.53. The molecule has 0 bridgehead atoms. The van der Waals surface area contributed by atoms with Crippen LogP contribution in [0.25, 0.3) is 0 Å². The predicted molar refractivity (Wildman–Crippen MR) is 67.3 cm³/mol. The minimum absolute atomic E-state index is 0.179. The van der Waals surface area contributed by atoms with Crippen LogP contribution >= 0.6 is 11.6 Å². The molecule has 1 aromatic heterocycles. The van der Waals surface area contributed by atoms with Crippen LogP contribution in [-0.4, -0.2) is 41.3 Å². The van der Waals surface area contributed by atoms with Crippen LogP contribution in [0.5, 0.6) is 0 Å². The van der Waals surface area contributed by atoms with E-state index in [-0.39, 0.29) is 18.2 Å². The van der Waals surface area contributed by atoms with Crippen LogP contribution in [0.3, 0.4) is 0 Å². The van der Waals surface area contributed by atoms with Gasteiger partial charge >= 0.3 is 0 Å². The summed E-state index contributed by atoms with van der Waals surface area (Å²) in [4.78, 5) is 8.16. The van der Waals surface area contributed by atoms with Crippen molar-refractivity contribution in [2.24, 2.45) is 0 Å². The van der Waals surface area contributed by atoms with Gasteiger partial charge in [-0.25, -0.2) is 9.97 Å². The zero-order chi connectivity index (χ0) is 12.3. The summed E-state index contributed by atoms with van der Waals surface area (Å²) in [5, 5.41) is 7.13. The summed E-state index contributed by atoms with van der Waals surface area (Å²) < 4.78 is 5.74. The number of anilines is 1. The number of ether oxygens (including phenoxy) is 1. The molecule has 0 spiro atoms. The Hall–Kier alpha value is -0.910. The predicted octanol–water partition coefficient (Wildman–Crippen LogP) is 1.31. The molecule has 1 fully saturated rings. The molecule has 1 aromatic rings. The Bertz CT molecular complexity index is 359. The van der Waals surface area contributed by atoms with E-state index in [2.05, 4.69) is 34.4 Å². The summed E-state index contributed by atoms with van der Waals surface area (Å²) in [6.07, 6.45) is 3.60. The first-order chi connectivity index (χ1) is 8.15. The van der Waals surface area contributed by atoms with Crippen molar-refractivity contribution in [1.82, 2.24) is 15.3 Å². The van der Waals surface area contributed by atoms with E-state index in [4.69, 9.17) is 16.3 Å². The fourth-order valence-electron chi connectivity index (χ4n) is 1.84. The van der Waals surface area contributed by atoms with Crippen molar-refractivity contribution in [3.63, 3.8) is 0 Å². The molecule has 1 aliphatic rings. The maximum Gasteiger partial charge on any atom is 0.222 e. The van der Waals surface area contributed by atoms with Crippen molar-refractivity contribution in [1.29, 1.82) is 0 Å². The Kier molecular flexibility index (Phi) is 4.15. The molecule has 0 amide bonds. The molecule has 17 heavy (non-hydrogen) atoms. The summed E-state index contributed by atoms with van der Waals surface area (Å²) in [5.74, 6) is 0.585. The van der Waals surface area contributed by atoms with Crippen LogP contribution in [0.1, 0.15) is 13.8 Å². The van der Waals surface area contributed by atoms with E-state index >= 15 is 0 Å². The van der Waals surface area contributed by atoms with Crippen LogP contribution < -0.4 is 10.6 Å². The minimum Gasteiger partial charge on any atom is -0.373 e. The van der Waals surface area contributed by atoms with Gasteiger partial charge in [-0.2, -0.15) is 0 Å². The fourth-order valence-corrected chi connectivity index (χ4v) is 1.93. The molecule has 1 aliphatic heterocycles. The van der Waals surface area contributed by atoms with Gasteiger partial charge in [-0.3, -0.25) is 0 Å². The molecular weight excluding hydrogens is 240 g/mol. The molecular formula is C11H17ClN4O. The highest BCUT2D eigenvalue weighted by molar-refractivity contribution is 6.30. The molecule has 6 heteroatoms. The zero-order valence-electron chi connectivity index (χ0n) is 9.98. The normalized spacial score (nSPS) is 29.0.